The Labute approximate surface area is 175 Å². The van der Waals surface area contributed by atoms with E-state index in [1.807, 2.05) is 20.8 Å². The van der Waals surface area contributed by atoms with Crippen molar-refractivity contribution < 1.29 is 22.4 Å². The van der Waals surface area contributed by atoms with E-state index in [2.05, 4.69) is 4.72 Å². The van der Waals surface area contributed by atoms with Crippen molar-refractivity contribution in [3.8, 4) is 0 Å². The first-order chi connectivity index (χ1) is 14.0. The van der Waals surface area contributed by atoms with Gasteiger partial charge in [0.25, 0.3) is 10.0 Å². The van der Waals surface area contributed by atoms with Crippen molar-refractivity contribution in [3.05, 3.63) is 54.3 Å². The predicted octanol–water partition coefficient (Wildman–Crippen LogP) is 3.94. The fourth-order valence-corrected chi connectivity index (χ4v) is 5.68. The van der Waals surface area contributed by atoms with Crippen molar-refractivity contribution in [1.29, 1.82) is 0 Å². The number of sulfonamides is 1. The zero-order valence-corrected chi connectivity index (χ0v) is 17.8. The highest BCUT2D eigenvalue weighted by Crippen LogP contribution is 2.60. The number of nitrogens with one attached hydrogen (secondary N) is 1. The van der Waals surface area contributed by atoms with Gasteiger partial charge < -0.3 is 0 Å². The molecule has 0 aromatic heterocycles. The Morgan fingerprint density at radius 1 is 1.07 bits per heavy atom. The van der Waals surface area contributed by atoms with Crippen molar-refractivity contribution in [2.24, 2.45) is 16.7 Å². The molecule has 0 spiro atoms. The number of imide groups is 1. The van der Waals surface area contributed by atoms with Crippen molar-refractivity contribution in [2.45, 2.75) is 38.5 Å². The molecule has 1 heterocycles. The maximum absolute atomic E-state index is 13.3. The lowest BCUT2D eigenvalue weighted by molar-refractivity contribution is -0.146. The highest BCUT2D eigenvalue weighted by molar-refractivity contribution is 7.92. The summed E-state index contributed by atoms with van der Waals surface area (Å²) < 4.78 is 41.1. The molecule has 6 nitrogen and oxygen atoms in total. The Morgan fingerprint density at radius 3 is 2.40 bits per heavy atom. The molecule has 2 amide bonds. The van der Waals surface area contributed by atoms with Gasteiger partial charge in [-0.3, -0.25) is 14.3 Å². The minimum Gasteiger partial charge on any atom is -0.280 e. The summed E-state index contributed by atoms with van der Waals surface area (Å²) in [5.41, 5.74) is -0.696. The lowest BCUT2D eigenvalue weighted by Crippen LogP contribution is -2.59. The van der Waals surface area contributed by atoms with Crippen molar-refractivity contribution in [3.63, 3.8) is 0 Å². The third kappa shape index (κ3) is 2.93. The average molecular weight is 431 g/mol. The van der Waals surface area contributed by atoms with E-state index in [1.54, 1.807) is 6.07 Å². The second-order valence-electron chi connectivity index (χ2n) is 8.73. The van der Waals surface area contributed by atoms with Crippen molar-refractivity contribution in [2.75, 3.05) is 9.62 Å². The van der Waals surface area contributed by atoms with Gasteiger partial charge in [0, 0.05) is 11.6 Å². The van der Waals surface area contributed by atoms with Gasteiger partial charge in [0.2, 0.25) is 11.8 Å². The summed E-state index contributed by atoms with van der Waals surface area (Å²) in [4.78, 5) is 27.5. The topological polar surface area (TPSA) is 83.6 Å². The molecule has 0 unspecified atom stereocenters. The first-order valence-electron chi connectivity index (χ1n) is 9.74. The molecular formula is C22H23FN2O4S. The van der Waals surface area contributed by atoms with E-state index in [4.69, 9.17) is 0 Å². The van der Waals surface area contributed by atoms with Crippen LogP contribution in [0.25, 0.3) is 0 Å². The lowest BCUT2D eigenvalue weighted by Gasteiger charge is -2.47. The van der Waals surface area contributed by atoms with E-state index in [0.29, 0.717) is 12.8 Å². The summed E-state index contributed by atoms with van der Waals surface area (Å²) in [6, 6.07) is 10.7. The molecule has 158 valence electrons. The highest BCUT2D eigenvalue weighted by Gasteiger charge is 2.64. The largest absolute Gasteiger partial charge is 0.280 e. The predicted molar refractivity (Wildman–Crippen MR) is 111 cm³/mol. The van der Waals surface area contributed by atoms with Gasteiger partial charge in [-0.25, -0.2) is 17.7 Å². The fourth-order valence-electron chi connectivity index (χ4n) is 4.58. The standard InChI is InChI=1S/C22H23FN2O4S/c1-21(2)18-11-12-22(21,3)20(27)25(19(18)26)16-5-4-6-17(13-16)30(28,29)24-15-9-7-14(23)8-10-15/h4-10,13,18,24H,11-12H2,1-3H3/t18-,22+/m0/s1. The molecule has 4 rings (SSSR count). The van der Waals surface area contributed by atoms with Gasteiger partial charge in [0.05, 0.1) is 16.0 Å². The van der Waals surface area contributed by atoms with Crippen LogP contribution in [0, 0.1) is 22.6 Å². The molecule has 2 aromatic rings. The van der Waals surface area contributed by atoms with Crippen LogP contribution >= 0.6 is 0 Å². The van der Waals surface area contributed by atoms with Crippen LogP contribution in [0.5, 0.6) is 0 Å². The molecule has 0 radical (unpaired) electrons. The molecule has 30 heavy (non-hydrogen) atoms. The molecule has 1 saturated heterocycles. The second kappa shape index (κ2) is 6.63. The van der Waals surface area contributed by atoms with E-state index in [0.717, 1.165) is 17.0 Å². The van der Waals surface area contributed by atoms with Gasteiger partial charge in [0.1, 0.15) is 5.82 Å². The number of piperidine rings is 1. The number of anilines is 2. The van der Waals surface area contributed by atoms with E-state index in [1.165, 1.54) is 30.3 Å². The number of halogens is 1. The van der Waals surface area contributed by atoms with Gasteiger partial charge in [-0.05, 0) is 60.7 Å². The van der Waals surface area contributed by atoms with Gasteiger partial charge in [0.15, 0.2) is 0 Å². The third-order valence-corrected chi connectivity index (χ3v) is 8.28. The third-order valence-electron chi connectivity index (χ3n) is 6.90. The number of nitrogens with zero attached hydrogens (tertiary/aromatic N) is 1. The SMILES string of the molecule is CC1(C)[C@H]2CC[C@]1(C)C(=O)N(c1cccc(S(=O)(=O)Nc3ccc(F)cc3)c1)C2=O. The Hall–Kier alpha value is -2.74. The number of hydrogen-bond acceptors (Lipinski definition) is 4. The number of hydrogen-bond donors (Lipinski definition) is 1. The summed E-state index contributed by atoms with van der Waals surface area (Å²) in [7, 11) is -3.99. The Kier molecular flexibility index (Phi) is 4.54. The molecule has 1 aliphatic carbocycles. The number of benzene rings is 2. The molecule has 2 aromatic carbocycles. The van der Waals surface area contributed by atoms with E-state index >= 15 is 0 Å². The lowest BCUT2D eigenvalue weighted by atomic mass is 9.62. The zero-order valence-electron chi connectivity index (χ0n) is 17.0. The van der Waals surface area contributed by atoms with Crippen molar-refractivity contribution in [1.82, 2.24) is 0 Å². The van der Waals surface area contributed by atoms with Crippen LogP contribution in [0.1, 0.15) is 33.6 Å². The Balaban J connectivity index is 1.69. The molecule has 1 saturated carbocycles. The smallest absolute Gasteiger partial charge is 0.261 e. The van der Waals surface area contributed by atoms with E-state index < -0.39 is 26.7 Å². The molecule has 2 aliphatic rings. The van der Waals surface area contributed by atoms with Gasteiger partial charge >= 0.3 is 0 Å². The first-order valence-corrected chi connectivity index (χ1v) is 11.2. The highest BCUT2D eigenvalue weighted by atomic mass is 32.2. The molecular weight excluding hydrogens is 407 g/mol. The Morgan fingerprint density at radius 2 is 1.73 bits per heavy atom. The Bertz CT molecular complexity index is 1140. The number of carbonyl (C=O) groups excluding carboxylic acids is 2. The van der Waals surface area contributed by atoms with Crippen LogP contribution in [0.15, 0.2) is 53.4 Å². The number of rotatable bonds is 4. The van der Waals surface area contributed by atoms with Crippen LogP contribution in [0.3, 0.4) is 0 Å². The van der Waals surface area contributed by atoms with Crippen LogP contribution in [-0.2, 0) is 19.6 Å². The summed E-state index contributed by atoms with van der Waals surface area (Å²) >= 11 is 0. The maximum Gasteiger partial charge on any atom is 0.261 e. The molecule has 8 heteroatoms. The second-order valence-corrected chi connectivity index (χ2v) is 10.4. The number of fused-ring (bicyclic) bond motifs is 2. The maximum atomic E-state index is 13.3. The summed E-state index contributed by atoms with van der Waals surface area (Å²) in [5.74, 6) is -1.36. The monoisotopic (exact) mass is 430 g/mol. The van der Waals surface area contributed by atoms with Gasteiger partial charge in [-0.1, -0.05) is 26.8 Å². The summed E-state index contributed by atoms with van der Waals surface area (Å²) in [6.07, 6.45) is 1.25. The first kappa shape index (κ1) is 20.5. The summed E-state index contributed by atoms with van der Waals surface area (Å²) in [5, 5.41) is 0. The quantitative estimate of drug-likeness (QED) is 0.745. The summed E-state index contributed by atoms with van der Waals surface area (Å²) in [6.45, 7) is 5.78. The zero-order chi connectivity index (χ0) is 21.9. The van der Waals surface area contributed by atoms with Crippen LogP contribution in [0.2, 0.25) is 0 Å². The van der Waals surface area contributed by atoms with E-state index in [-0.39, 0.29) is 34.0 Å². The molecule has 1 N–H and O–H groups in total. The average Bonchev–Trinajstić information content (AvgIpc) is 2.87. The molecule has 2 fully saturated rings. The molecule has 2 bridgehead atoms. The number of amides is 2. The van der Waals surface area contributed by atoms with E-state index in [9.17, 15) is 22.4 Å². The van der Waals surface area contributed by atoms with Crippen molar-refractivity contribution >= 4 is 33.2 Å². The minimum absolute atomic E-state index is 0.0905. The number of carbonyl (C=O) groups is 2. The fraction of sp³-hybridized carbons (Fsp3) is 0.364. The van der Waals surface area contributed by atoms with Gasteiger partial charge in [-0.2, -0.15) is 0 Å². The van der Waals surface area contributed by atoms with Gasteiger partial charge in [-0.15, -0.1) is 0 Å². The molecule has 2 atom stereocenters. The van der Waals surface area contributed by atoms with Crippen LogP contribution in [-0.4, -0.2) is 20.2 Å². The minimum atomic E-state index is -3.99. The van der Waals surface area contributed by atoms with Crippen LogP contribution in [0.4, 0.5) is 15.8 Å². The normalized spacial score (nSPS) is 25.5. The van der Waals surface area contributed by atoms with Crippen LogP contribution < -0.4 is 9.62 Å². The molecule has 1 aliphatic heterocycles.